The van der Waals surface area contributed by atoms with Gasteiger partial charge in [0.25, 0.3) is 0 Å². The molecule has 1 aromatic heterocycles. The second-order valence-corrected chi connectivity index (χ2v) is 5.25. The van der Waals surface area contributed by atoms with Crippen LogP contribution in [-0.2, 0) is 0 Å². The predicted molar refractivity (Wildman–Crippen MR) is 66.4 cm³/mol. The van der Waals surface area contributed by atoms with Crippen molar-refractivity contribution in [2.24, 2.45) is 5.92 Å². The Balaban J connectivity index is 1.84. The van der Waals surface area contributed by atoms with E-state index in [0.717, 1.165) is 12.5 Å². The Hall–Kier alpha value is -0.830. The number of nitrogens with zero attached hydrogens (tertiary/aromatic N) is 2. The summed E-state index contributed by atoms with van der Waals surface area (Å²) < 4.78 is 2.26. The van der Waals surface area contributed by atoms with E-state index < -0.39 is 0 Å². The summed E-state index contributed by atoms with van der Waals surface area (Å²) in [5.41, 5.74) is 0. The van der Waals surface area contributed by atoms with Crippen molar-refractivity contribution in [2.75, 3.05) is 6.54 Å². The van der Waals surface area contributed by atoms with Crippen molar-refractivity contribution in [1.29, 1.82) is 0 Å². The quantitative estimate of drug-likeness (QED) is 0.828. The fourth-order valence-electron chi connectivity index (χ4n) is 2.56. The lowest BCUT2D eigenvalue weighted by molar-refractivity contribution is 0.380. The molecule has 0 amide bonds. The van der Waals surface area contributed by atoms with Crippen molar-refractivity contribution >= 4 is 0 Å². The summed E-state index contributed by atoms with van der Waals surface area (Å²) >= 11 is 0. The lowest BCUT2D eigenvalue weighted by Crippen LogP contribution is -2.34. The lowest BCUT2D eigenvalue weighted by atomic mass is 10.1. The van der Waals surface area contributed by atoms with Crippen LogP contribution in [0.3, 0.4) is 0 Å². The Morgan fingerprint density at radius 1 is 1.44 bits per heavy atom. The summed E-state index contributed by atoms with van der Waals surface area (Å²) in [6.45, 7) is 5.71. The summed E-state index contributed by atoms with van der Waals surface area (Å²) in [7, 11) is 0. The van der Waals surface area contributed by atoms with Crippen LogP contribution in [0, 0.1) is 5.92 Å². The summed E-state index contributed by atoms with van der Waals surface area (Å²) in [5.74, 6) is 0.792. The Morgan fingerprint density at radius 3 is 3.00 bits per heavy atom. The molecule has 1 aliphatic rings. The zero-order valence-electron chi connectivity index (χ0n) is 10.4. The zero-order valence-corrected chi connectivity index (χ0v) is 10.4. The van der Waals surface area contributed by atoms with E-state index in [9.17, 15) is 0 Å². The maximum absolute atomic E-state index is 4.14. The van der Waals surface area contributed by atoms with Gasteiger partial charge in [0, 0.05) is 24.5 Å². The van der Waals surface area contributed by atoms with Gasteiger partial charge in [-0.15, -0.1) is 0 Å². The average molecular weight is 221 g/mol. The molecule has 1 fully saturated rings. The van der Waals surface area contributed by atoms with E-state index in [4.69, 9.17) is 0 Å². The van der Waals surface area contributed by atoms with Gasteiger partial charge in [0.2, 0.25) is 0 Å². The van der Waals surface area contributed by atoms with Crippen LogP contribution in [0.4, 0.5) is 0 Å². The number of nitrogens with one attached hydrogen (secondary N) is 1. The van der Waals surface area contributed by atoms with Gasteiger partial charge < -0.3 is 9.88 Å². The standard InChI is InChI=1S/C13H23N3/c1-11(2)6-7-15-12-4-3-5-13(12)16-9-8-14-10-16/h8-13,15H,3-7H2,1-2H3/t12-,13+/m0/s1. The SMILES string of the molecule is CC(C)CCN[C@H]1CCC[C@H]1n1ccnc1. The molecule has 1 aliphatic carbocycles. The highest BCUT2D eigenvalue weighted by Gasteiger charge is 2.27. The molecule has 0 spiro atoms. The van der Waals surface area contributed by atoms with Crippen molar-refractivity contribution in [3.63, 3.8) is 0 Å². The van der Waals surface area contributed by atoms with E-state index in [1.165, 1.54) is 25.7 Å². The molecule has 0 radical (unpaired) electrons. The molecule has 2 atom stereocenters. The summed E-state index contributed by atoms with van der Waals surface area (Å²) in [6, 6.07) is 1.27. The van der Waals surface area contributed by atoms with Crippen LogP contribution < -0.4 is 5.32 Å². The van der Waals surface area contributed by atoms with E-state index in [1.54, 1.807) is 0 Å². The van der Waals surface area contributed by atoms with Crippen LogP contribution in [0.15, 0.2) is 18.7 Å². The highest BCUT2D eigenvalue weighted by molar-refractivity contribution is 4.91. The van der Waals surface area contributed by atoms with E-state index in [1.807, 2.05) is 12.5 Å². The molecule has 1 N–H and O–H groups in total. The molecule has 1 heterocycles. The molecule has 0 aromatic carbocycles. The third-order valence-corrected chi connectivity index (χ3v) is 3.52. The van der Waals surface area contributed by atoms with Gasteiger partial charge >= 0.3 is 0 Å². The molecular weight excluding hydrogens is 198 g/mol. The van der Waals surface area contributed by atoms with Crippen LogP contribution in [0.25, 0.3) is 0 Å². The van der Waals surface area contributed by atoms with Crippen LogP contribution in [0.1, 0.15) is 45.6 Å². The largest absolute Gasteiger partial charge is 0.333 e. The fourth-order valence-corrected chi connectivity index (χ4v) is 2.56. The molecule has 0 unspecified atom stereocenters. The van der Waals surface area contributed by atoms with E-state index >= 15 is 0 Å². The topological polar surface area (TPSA) is 29.9 Å². The lowest BCUT2D eigenvalue weighted by Gasteiger charge is -2.22. The smallest absolute Gasteiger partial charge is 0.0949 e. The van der Waals surface area contributed by atoms with Crippen molar-refractivity contribution in [1.82, 2.24) is 14.9 Å². The van der Waals surface area contributed by atoms with Gasteiger partial charge in [0.1, 0.15) is 0 Å². The van der Waals surface area contributed by atoms with Crippen molar-refractivity contribution in [3.8, 4) is 0 Å². The Kier molecular flexibility index (Phi) is 3.99. The monoisotopic (exact) mass is 221 g/mol. The van der Waals surface area contributed by atoms with Gasteiger partial charge in [-0.25, -0.2) is 4.98 Å². The second-order valence-electron chi connectivity index (χ2n) is 5.25. The average Bonchev–Trinajstić information content (AvgIpc) is 2.84. The van der Waals surface area contributed by atoms with Gasteiger partial charge in [-0.3, -0.25) is 0 Å². The minimum absolute atomic E-state index is 0.620. The number of hydrogen-bond acceptors (Lipinski definition) is 2. The molecule has 0 saturated heterocycles. The predicted octanol–water partition coefficient (Wildman–Crippen LogP) is 2.61. The summed E-state index contributed by atoms with van der Waals surface area (Å²) in [6.07, 6.45) is 11.1. The first-order chi connectivity index (χ1) is 7.77. The molecule has 16 heavy (non-hydrogen) atoms. The normalized spacial score (nSPS) is 25.4. The molecule has 2 rings (SSSR count). The zero-order chi connectivity index (χ0) is 11.4. The number of hydrogen-bond donors (Lipinski definition) is 1. The Bertz CT molecular complexity index is 292. The van der Waals surface area contributed by atoms with Gasteiger partial charge in [0.05, 0.1) is 6.33 Å². The molecular formula is C13H23N3. The van der Waals surface area contributed by atoms with E-state index in [0.29, 0.717) is 12.1 Å². The van der Waals surface area contributed by atoms with Crippen molar-refractivity contribution in [2.45, 2.75) is 51.6 Å². The van der Waals surface area contributed by atoms with Crippen LogP contribution in [0.5, 0.6) is 0 Å². The van der Waals surface area contributed by atoms with Crippen molar-refractivity contribution < 1.29 is 0 Å². The Labute approximate surface area is 98.3 Å². The van der Waals surface area contributed by atoms with Crippen molar-refractivity contribution in [3.05, 3.63) is 18.7 Å². The van der Waals surface area contributed by atoms with Gasteiger partial charge in [-0.05, 0) is 38.1 Å². The first kappa shape index (κ1) is 11.6. The molecule has 1 aromatic rings. The maximum atomic E-state index is 4.14. The Morgan fingerprint density at radius 2 is 2.31 bits per heavy atom. The van der Waals surface area contributed by atoms with Gasteiger partial charge in [0.15, 0.2) is 0 Å². The van der Waals surface area contributed by atoms with Crippen LogP contribution in [0.2, 0.25) is 0 Å². The highest BCUT2D eigenvalue weighted by atomic mass is 15.1. The molecule has 0 bridgehead atoms. The first-order valence-corrected chi connectivity index (χ1v) is 6.48. The van der Waals surface area contributed by atoms with Gasteiger partial charge in [-0.1, -0.05) is 13.8 Å². The van der Waals surface area contributed by atoms with Gasteiger partial charge in [-0.2, -0.15) is 0 Å². The molecule has 1 saturated carbocycles. The molecule has 3 heteroatoms. The minimum atomic E-state index is 0.620. The number of rotatable bonds is 5. The maximum Gasteiger partial charge on any atom is 0.0949 e. The summed E-state index contributed by atoms with van der Waals surface area (Å²) in [4.78, 5) is 4.14. The van der Waals surface area contributed by atoms with Crippen LogP contribution in [-0.4, -0.2) is 22.1 Å². The second kappa shape index (κ2) is 5.48. The third kappa shape index (κ3) is 2.85. The number of aromatic nitrogens is 2. The first-order valence-electron chi connectivity index (χ1n) is 6.48. The molecule has 90 valence electrons. The minimum Gasteiger partial charge on any atom is -0.333 e. The fraction of sp³-hybridized carbons (Fsp3) is 0.769. The summed E-state index contributed by atoms with van der Waals surface area (Å²) in [5, 5.41) is 3.70. The van der Waals surface area contributed by atoms with E-state index in [2.05, 4.69) is 34.9 Å². The van der Waals surface area contributed by atoms with Crippen LogP contribution >= 0.6 is 0 Å². The third-order valence-electron chi connectivity index (χ3n) is 3.52. The molecule has 3 nitrogen and oxygen atoms in total. The highest BCUT2D eigenvalue weighted by Crippen LogP contribution is 2.29. The number of imidazole rings is 1. The molecule has 0 aliphatic heterocycles. The van der Waals surface area contributed by atoms with E-state index in [-0.39, 0.29) is 0 Å².